The highest BCUT2D eigenvalue weighted by Gasteiger charge is 2.43. The molecule has 2 heterocycles. The number of carbonyl (C=O) groups is 1. The summed E-state index contributed by atoms with van der Waals surface area (Å²) >= 11 is 0. The number of hydrogen-bond donors (Lipinski definition) is 0. The molecule has 0 spiro atoms. The average Bonchev–Trinajstić information content (AvgIpc) is 3.20. The zero-order valence-corrected chi connectivity index (χ0v) is 14.4. The smallest absolute Gasteiger partial charge is 0.222 e. The molecule has 1 aromatic carbocycles. The van der Waals surface area contributed by atoms with Crippen LogP contribution >= 0.6 is 0 Å². The molecule has 2 fully saturated rings. The maximum absolute atomic E-state index is 12.5. The molecule has 0 radical (unpaired) electrons. The Kier molecular flexibility index (Phi) is 4.68. The fourth-order valence-corrected chi connectivity index (χ4v) is 4.19. The van der Waals surface area contributed by atoms with Crippen LogP contribution in [0, 0.1) is 11.8 Å². The van der Waals surface area contributed by atoms with Gasteiger partial charge in [0.1, 0.15) is 5.75 Å². The van der Waals surface area contributed by atoms with Gasteiger partial charge in [0.2, 0.25) is 5.91 Å². The van der Waals surface area contributed by atoms with Crippen LogP contribution in [0.5, 0.6) is 5.75 Å². The lowest BCUT2D eigenvalue weighted by Gasteiger charge is -2.20. The molecule has 2 aromatic rings. The van der Waals surface area contributed by atoms with Crippen molar-refractivity contribution in [3.05, 3.63) is 60.4 Å². The number of amides is 1. The Morgan fingerprint density at radius 3 is 2.52 bits per heavy atom. The van der Waals surface area contributed by atoms with Crippen molar-refractivity contribution in [1.82, 2.24) is 9.88 Å². The number of fused-ring (bicyclic) bond motifs is 1. The van der Waals surface area contributed by atoms with Gasteiger partial charge in [-0.15, -0.1) is 0 Å². The number of benzene rings is 1. The number of aryl methyl sites for hydroxylation is 1. The summed E-state index contributed by atoms with van der Waals surface area (Å²) in [5.41, 5.74) is 1.13. The van der Waals surface area contributed by atoms with Crippen molar-refractivity contribution in [2.24, 2.45) is 11.8 Å². The molecule has 4 rings (SSSR count). The van der Waals surface area contributed by atoms with Crippen LogP contribution in [0.1, 0.15) is 24.8 Å². The summed E-state index contributed by atoms with van der Waals surface area (Å²) in [5, 5.41) is 0. The lowest BCUT2D eigenvalue weighted by Crippen LogP contribution is -2.31. The lowest BCUT2D eigenvalue weighted by molar-refractivity contribution is -0.130. The second-order valence-corrected chi connectivity index (χ2v) is 7.20. The van der Waals surface area contributed by atoms with Crippen LogP contribution in [0.15, 0.2) is 54.9 Å². The van der Waals surface area contributed by atoms with Crippen LogP contribution in [-0.4, -0.2) is 35.0 Å². The molecule has 1 aliphatic carbocycles. The van der Waals surface area contributed by atoms with Gasteiger partial charge < -0.3 is 9.64 Å². The van der Waals surface area contributed by atoms with Gasteiger partial charge in [-0.1, -0.05) is 24.3 Å². The van der Waals surface area contributed by atoms with Crippen LogP contribution < -0.4 is 4.74 Å². The summed E-state index contributed by atoms with van der Waals surface area (Å²) in [7, 11) is 0. The van der Waals surface area contributed by atoms with Gasteiger partial charge in [0, 0.05) is 31.9 Å². The van der Waals surface area contributed by atoms with E-state index in [1.165, 1.54) is 0 Å². The van der Waals surface area contributed by atoms with E-state index in [0.29, 0.717) is 24.4 Å². The van der Waals surface area contributed by atoms with Crippen LogP contribution in [0.25, 0.3) is 0 Å². The Labute approximate surface area is 148 Å². The van der Waals surface area contributed by atoms with Gasteiger partial charge in [-0.3, -0.25) is 9.78 Å². The Morgan fingerprint density at radius 2 is 1.84 bits per heavy atom. The summed E-state index contributed by atoms with van der Waals surface area (Å²) in [5.74, 6) is 2.42. The van der Waals surface area contributed by atoms with E-state index in [9.17, 15) is 4.79 Å². The number of carbonyl (C=O) groups excluding carboxylic acids is 1. The first-order valence-corrected chi connectivity index (χ1v) is 9.16. The molecule has 4 nitrogen and oxygen atoms in total. The number of nitrogens with zero attached hydrogens (tertiary/aromatic N) is 2. The quantitative estimate of drug-likeness (QED) is 0.841. The highest BCUT2D eigenvalue weighted by atomic mass is 16.5. The Balaban J connectivity index is 1.25. The number of likely N-dealkylation sites (tertiary alicyclic amines) is 1. The molecular weight excluding hydrogens is 312 g/mol. The Morgan fingerprint density at radius 1 is 1.08 bits per heavy atom. The van der Waals surface area contributed by atoms with Crippen LogP contribution in [0.2, 0.25) is 0 Å². The topological polar surface area (TPSA) is 42.4 Å². The zero-order chi connectivity index (χ0) is 17.1. The molecular formula is C21H24N2O2. The van der Waals surface area contributed by atoms with E-state index in [0.717, 1.165) is 43.7 Å². The van der Waals surface area contributed by atoms with E-state index in [2.05, 4.69) is 9.88 Å². The first-order valence-electron chi connectivity index (χ1n) is 9.16. The normalized spacial score (nSPS) is 25.0. The van der Waals surface area contributed by atoms with Gasteiger partial charge in [-0.2, -0.15) is 0 Å². The molecule has 3 atom stereocenters. The van der Waals surface area contributed by atoms with Crippen molar-refractivity contribution in [3.63, 3.8) is 0 Å². The van der Waals surface area contributed by atoms with Gasteiger partial charge >= 0.3 is 0 Å². The first-order chi connectivity index (χ1) is 12.3. The minimum Gasteiger partial charge on any atom is -0.490 e. The average molecular weight is 336 g/mol. The molecule has 4 heteroatoms. The largest absolute Gasteiger partial charge is 0.490 e. The predicted octanol–water partition coefficient (Wildman–Crippen LogP) is 3.33. The van der Waals surface area contributed by atoms with Crippen molar-refractivity contribution in [3.8, 4) is 5.75 Å². The van der Waals surface area contributed by atoms with Gasteiger partial charge in [0.15, 0.2) is 0 Å². The lowest BCUT2D eigenvalue weighted by atomic mass is 10.0. The summed E-state index contributed by atoms with van der Waals surface area (Å²) in [6.45, 7) is 1.79. The number of para-hydroxylation sites is 1. The molecule has 1 amide bonds. The maximum Gasteiger partial charge on any atom is 0.222 e. The summed E-state index contributed by atoms with van der Waals surface area (Å²) in [4.78, 5) is 18.7. The molecule has 1 saturated carbocycles. The SMILES string of the molecule is O=C(CCc1cccnc1)N1C[C@H]2CC(Oc3ccccc3)C[C@H]2C1. The molecule has 1 unspecified atom stereocenters. The summed E-state index contributed by atoms with van der Waals surface area (Å²) in [6, 6.07) is 14.0. The monoisotopic (exact) mass is 336 g/mol. The molecule has 1 saturated heterocycles. The van der Waals surface area contributed by atoms with E-state index in [-0.39, 0.29) is 5.91 Å². The third kappa shape index (κ3) is 3.84. The van der Waals surface area contributed by atoms with Gasteiger partial charge in [-0.25, -0.2) is 0 Å². The van der Waals surface area contributed by atoms with E-state index in [1.54, 1.807) is 6.20 Å². The summed E-state index contributed by atoms with van der Waals surface area (Å²) < 4.78 is 6.10. The highest BCUT2D eigenvalue weighted by molar-refractivity contribution is 5.76. The number of ether oxygens (including phenoxy) is 1. The number of aromatic nitrogens is 1. The molecule has 2 aliphatic rings. The minimum absolute atomic E-state index is 0.277. The van der Waals surface area contributed by atoms with Crippen LogP contribution in [-0.2, 0) is 11.2 Å². The number of hydrogen-bond acceptors (Lipinski definition) is 3. The molecule has 1 aliphatic heterocycles. The third-order valence-electron chi connectivity index (χ3n) is 5.46. The molecule has 1 aromatic heterocycles. The van der Waals surface area contributed by atoms with E-state index < -0.39 is 0 Å². The number of rotatable bonds is 5. The van der Waals surface area contributed by atoms with Gasteiger partial charge in [0.05, 0.1) is 6.10 Å². The maximum atomic E-state index is 12.5. The molecule has 0 bridgehead atoms. The standard InChI is InChI=1S/C21H24N2O2/c24-21(9-8-16-5-4-10-22-13-16)23-14-17-11-20(12-18(17)15-23)25-19-6-2-1-3-7-19/h1-7,10,13,17-18,20H,8-9,11-12,14-15H2/t17-,18+,20?. The van der Waals surface area contributed by atoms with E-state index in [4.69, 9.17) is 4.74 Å². The zero-order valence-electron chi connectivity index (χ0n) is 14.4. The van der Waals surface area contributed by atoms with Crippen molar-refractivity contribution >= 4 is 5.91 Å². The van der Waals surface area contributed by atoms with Crippen molar-refractivity contribution in [1.29, 1.82) is 0 Å². The first kappa shape index (κ1) is 16.1. The van der Waals surface area contributed by atoms with E-state index >= 15 is 0 Å². The van der Waals surface area contributed by atoms with Crippen LogP contribution in [0.4, 0.5) is 0 Å². The Hall–Kier alpha value is -2.36. The third-order valence-corrected chi connectivity index (χ3v) is 5.46. The highest BCUT2D eigenvalue weighted by Crippen LogP contribution is 2.39. The predicted molar refractivity (Wildman–Crippen MR) is 96.2 cm³/mol. The van der Waals surface area contributed by atoms with Crippen molar-refractivity contribution < 1.29 is 9.53 Å². The second-order valence-electron chi connectivity index (χ2n) is 7.20. The van der Waals surface area contributed by atoms with Crippen molar-refractivity contribution in [2.75, 3.05) is 13.1 Å². The minimum atomic E-state index is 0.277. The molecule has 0 N–H and O–H groups in total. The second kappa shape index (κ2) is 7.26. The summed E-state index contributed by atoms with van der Waals surface area (Å²) in [6.07, 6.45) is 7.38. The van der Waals surface area contributed by atoms with Crippen LogP contribution in [0.3, 0.4) is 0 Å². The van der Waals surface area contributed by atoms with Crippen molar-refractivity contribution in [2.45, 2.75) is 31.8 Å². The fraction of sp³-hybridized carbons (Fsp3) is 0.429. The Bertz CT molecular complexity index is 690. The molecule has 130 valence electrons. The van der Waals surface area contributed by atoms with Gasteiger partial charge in [-0.05, 0) is 54.9 Å². The molecule has 25 heavy (non-hydrogen) atoms. The number of pyridine rings is 1. The van der Waals surface area contributed by atoms with E-state index in [1.807, 2.05) is 48.7 Å². The fourth-order valence-electron chi connectivity index (χ4n) is 4.19. The van der Waals surface area contributed by atoms with Gasteiger partial charge in [0.25, 0.3) is 0 Å².